The molecule has 1 aromatic heterocycles. The van der Waals surface area contributed by atoms with Gasteiger partial charge in [0.05, 0.1) is 5.75 Å². The Hall–Kier alpha value is -2.61. The number of aromatic nitrogens is 2. The molecular formula is C18H22N4O3S. The molecular weight excluding hydrogens is 352 g/mol. The van der Waals surface area contributed by atoms with Gasteiger partial charge in [0.15, 0.2) is 5.16 Å². The summed E-state index contributed by atoms with van der Waals surface area (Å²) in [5, 5.41) is 5.88. The monoisotopic (exact) mass is 374 g/mol. The largest absolute Gasteiger partial charge is 0.352 e. The molecule has 0 atom stereocenters. The minimum atomic E-state index is -0.244. The van der Waals surface area contributed by atoms with E-state index >= 15 is 0 Å². The van der Waals surface area contributed by atoms with Crippen LogP contribution in [-0.2, 0) is 11.2 Å². The number of aromatic amines is 1. The van der Waals surface area contributed by atoms with Crippen molar-refractivity contribution in [3.8, 4) is 0 Å². The van der Waals surface area contributed by atoms with Crippen LogP contribution in [0.2, 0.25) is 0 Å². The Morgan fingerprint density at radius 3 is 2.77 bits per heavy atom. The van der Waals surface area contributed by atoms with Crippen molar-refractivity contribution in [1.82, 2.24) is 15.3 Å². The average molecular weight is 374 g/mol. The summed E-state index contributed by atoms with van der Waals surface area (Å²) in [5.74, 6) is -0.330. The van der Waals surface area contributed by atoms with Gasteiger partial charge in [-0.1, -0.05) is 31.2 Å². The Bertz CT molecular complexity index is 835. The summed E-state index contributed by atoms with van der Waals surface area (Å²) >= 11 is 1.16. The fraction of sp³-hybridized carbons (Fsp3) is 0.333. The number of hydrogen-bond donors (Lipinski definition) is 3. The molecule has 26 heavy (non-hydrogen) atoms. The number of aryl methyl sites for hydroxylation is 1. The van der Waals surface area contributed by atoms with E-state index in [1.807, 2.05) is 13.8 Å². The van der Waals surface area contributed by atoms with E-state index in [0.29, 0.717) is 28.6 Å². The molecule has 2 rings (SSSR count). The van der Waals surface area contributed by atoms with Crippen LogP contribution in [0.3, 0.4) is 0 Å². The molecule has 0 unspecified atom stereocenters. The fourth-order valence-electron chi connectivity index (χ4n) is 2.27. The highest BCUT2D eigenvalue weighted by atomic mass is 32.2. The summed E-state index contributed by atoms with van der Waals surface area (Å²) in [4.78, 5) is 42.6. The highest BCUT2D eigenvalue weighted by Crippen LogP contribution is 2.14. The maximum Gasteiger partial charge on any atom is 0.251 e. The average Bonchev–Trinajstić information content (AvgIpc) is 2.60. The molecule has 0 aliphatic carbocycles. The molecule has 0 aliphatic rings. The smallest absolute Gasteiger partial charge is 0.251 e. The first-order chi connectivity index (χ1) is 12.5. The topological polar surface area (TPSA) is 104 Å². The zero-order chi connectivity index (χ0) is 18.9. The Balaban J connectivity index is 1.96. The predicted molar refractivity (Wildman–Crippen MR) is 103 cm³/mol. The van der Waals surface area contributed by atoms with Crippen molar-refractivity contribution >= 4 is 29.3 Å². The van der Waals surface area contributed by atoms with E-state index < -0.39 is 0 Å². The minimum Gasteiger partial charge on any atom is -0.352 e. The Morgan fingerprint density at radius 2 is 2.04 bits per heavy atom. The third-order valence-electron chi connectivity index (χ3n) is 3.36. The molecule has 0 saturated heterocycles. The Morgan fingerprint density at radius 1 is 1.23 bits per heavy atom. The van der Waals surface area contributed by atoms with E-state index in [1.54, 1.807) is 24.3 Å². The van der Waals surface area contributed by atoms with Gasteiger partial charge < -0.3 is 15.6 Å². The normalized spacial score (nSPS) is 10.4. The van der Waals surface area contributed by atoms with Crippen LogP contribution < -0.4 is 16.2 Å². The first kappa shape index (κ1) is 19.7. The lowest BCUT2D eigenvalue weighted by Crippen LogP contribution is -2.23. The van der Waals surface area contributed by atoms with E-state index in [1.165, 1.54) is 6.07 Å². The number of nitrogens with zero attached hydrogens (tertiary/aromatic N) is 1. The van der Waals surface area contributed by atoms with Gasteiger partial charge in [0.1, 0.15) is 0 Å². The molecule has 0 aliphatic heterocycles. The fourth-order valence-corrected chi connectivity index (χ4v) is 2.96. The maximum absolute atomic E-state index is 12.1. The predicted octanol–water partition coefficient (Wildman–Crippen LogP) is 2.20. The maximum atomic E-state index is 12.1. The van der Waals surface area contributed by atoms with Gasteiger partial charge in [0, 0.05) is 29.6 Å². The third-order valence-corrected chi connectivity index (χ3v) is 4.24. The van der Waals surface area contributed by atoms with Crippen molar-refractivity contribution in [2.45, 2.75) is 31.8 Å². The molecule has 7 nitrogen and oxygen atoms in total. The number of carbonyl (C=O) groups is 2. The second-order valence-corrected chi connectivity index (χ2v) is 6.53. The number of anilines is 1. The van der Waals surface area contributed by atoms with Crippen LogP contribution in [0.25, 0.3) is 0 Å². The van der Waals surface area contributed by atoms with E-state index in [0.717, 1.165) is 24.6 Å². The van der Waals surface area contributed by atoms with Gasteiger partial charge >= 0.3 is 0 Å². The van der Waals surface area contributed by atoms with Crippen molar-refractivity contribution in [2.75, 3.05) is 17.6 Å². The van der Waals surface area contributed by atoms with Crippen LogP contribution in [0.5, 0.6) is 0 Å². The van der Waals surface area contributed by atoms with Crippen LogP contribution >= 0.6 is 11.8 Å². The van der Waals surface area contributed by atoms with Crippen molar-refractivity contribution < 1.29 is 9.59 Å². The molecule has 0 fully saturated rings. The number of nitrogens with one attached hydrogen (secondary N) is 3. The van der Waals surface area contributed by atoms with E-state index in [2.05, 4.69) is 20.6 Å². The van der Waals surface area contributed by atoms with Crippen LogP contribution in [0.1, 0.15) is 36.3 Å². The number of thioether (sulfide) groups is 1. The van der Waals surface area contributed by atoms with Crippen molar-refractivity contribution in [3.05, 3.63) is 51.9 Å². The van der Waals surface area contributed by atoms with Crippen molar-refractivity contribution in [3.63, 3.8) is 0 Å². The summed E-state index contributed by atoms with van der Waals surface area (Å²) < 4.78 is 0. The minimum absolute atomic E-state index is 0.101. The van der Waals surface area contributed by atoms with Crippen LogP contribution in [0.4, 0.5) is 5.69 Å². The first-order valence-electron chi connectivity index (χ1n) is 8.43. The summed E-state index contributed by atoms with van der Waals surface area (Å²) in [6.07, 6.45) is 1.61. The third kappa shape index (κ3) is 6.03. The van der Waals surface area contributed by atoms with Gasteiger partial charge in [0.2, 0.25) is 5.91 Å². The summed E-state index contributed by atoms with van der Waals surface area (Å²) in [6, 6.07) is 8.20. The Labute approximate surface area is 156 Å². The summed E-state index contributed by atoms with van der Waals surface area (Å²) in [7, 11) is 0. The molecule has 8 heteroatoms. The standard InChI is InChI=1S/C18H22N4O3S/c1-3-6-13-10-15(23)22-18(21-13)26-11-16(24)20-14-8-5-7-12(9-14)17(25)19-4-2/h5,7-10H,3-4,6,11H2,1-2H3,(H,19,25)(H,20,24)(H,21,22,23). The number of benzene rings is 1. The quantitative estimate of drug-likeness (QED) is 0.485. The summed E-state index contributed by atoms with van der Waals surface area (Å²) in [5.41, 5.74) is 1.52. The summed E-state index contributed by atoms with van der Waals surface area (Å²) in [6.45, 7) is 4.39. The van der Waals surface area contributed by atoms with Crippen molar-refractivity contribution in [1.29, 1.82) is 0 Å². The molecule has 3 N–H and O–H groups in total. The first-order valence-corrected chi connectivity index (χ1v) is 9.41. The van der Waals surface area contributed by atoms with Gasteiger partial charge in [-0.05, 0) is 31.5 Å². The molecule has 1 heterocycles. The highest BCUT2D eigenvalue weighted by Gasteiger charge is 2.09. The molecule has 0 radical (unpaired) electrons. The molecule has 1 aromatic carbocycles. The highest BCUT2D eigenvalue weighted by molar-refractivity contribution is 7.99. The van der Waals surface area contributed by atoms with Gasteiger partial charge in [0.25, 0.3) is 11.5 Å². The number of H-pyrrole nitrogens is 1. The molecule has 0 bridgehead atoms. The van der Waals surface area contributed by atoms with Crippen LogP contribution in [0.15, 0.2) is 40.3 Å². The Kier molecular flexibility index (Phi) is 7.40. The van der Waals surface area contributed by atoms with Gasteiger partial charge in [-0.3, -0.25) is 14.4 Å². The van der Waals surface area contributed by atoms with Crippen molar-refractivity contribution in [2.24, 2.45) is 0 Å². The second-order valence-electron chi connectivity index (χ2n) is 5.57. The van der Waals surface area contributed by atoms with E-state index in [9.17, 15) is 14.4 Å². The second kappa shape index (κ2) is 9.76. The number of carbonyl (C=O) groups excluding carboxylic acids is 2. The van der Waals surface area contributed by atoms with Gasteiger partial charge in [-0.25, -0.2) is 4.98 Å². The number of hydrogen-bond acceptors (Lipinski definition) is 5. The number of amides is 2. The van der Waals surface area contributed by atoms with E-state index in [4.69, 9.17) is 0 Å². The molecule has 2 aromatic rings. The number of rotatable bonds is 8. The lowest BCUT2D eigenvalue weighted by atomic mass is 10.2. The zero-order valence-corrected chi connectivity index (χ0v) is 15.6. The van der Waals surface area contributed by atoms with Gasteiger partial charge in [-0.2, -0.15) is 0 Å². The molecule has 138 valence electrons. The van der Waals surface area contributed by atoms with Gasteiger partial charge in [-0.15, -0.1) is 0 Å². The molecule has 0 saturated carbocycles. The van der Waals surface area contributed by atoms with Crippen LogP contribution in [0, 0.1) is 0 Å². The van der Waals surface area contributed by atoms with E-state index in [-0.39, 0.29) is 23.1 Å². The zero-order valence-electron chi connectivity index (χ0n) is 14.8. The molecule has 0 spiro atoms. The van der Waals surface area contributed by atoms with Crippen LogP contribution in [-0.4, -0.2) is 34.1 Å². The lowest BCUT2D eigenvalue weighted by molar-refractivity contribution is -0.113. The molecule has 2 amide bonds. The lowest BCUT2D eigenvalue weighted by Gasteiger charge is -2.08. The SMILES string of the molecule is CCCc1cc(=O)[nH]c(SCC(=O)Nc2cccc(C(=O)NCC)c2)n1.